The van der Waals surface area contributed by atoms with E-state index in [-0.39, 0.29) is 5.54 Å². The molecule has 0 bridgehead atoms. The zero-order valence-electron chi connectivity index (χ0n) is 5.92. The molecule has 1 rings (SSSR count). The van der Waals surface area contributed by atoms with Crippen LogP contribution in [0.25, 0.3) is 0 Å². The Kier molecular flexibility index (Phi) is 2.00. The van der Waals surface area contributed by atoms with Crippen molar-refractivity contribution >= 4 is 16.1 Å². The Morgan fingerprint density at radius 2 is 2.30 bits per heavy atom. The van der Waals surface area contributed by atoms with Crippen molar-refractivity contribution in [1.82, 2.24) is 3.93 Å². The molecule has 0 saturated heterocycles. The molecule has 1 unspecified atom stereocenters. The number of nitrogens with zero attached hydrogens (tertiary/aromatic N) is 1. The molecule has 0 aromatic heterocycles. The van der Waals surface area contributed by atoms with Crippen molar-refractivity contribution in [2.75, 3.05) is 0 Å². The van der Waals surface area contributed by atoms with Crippen molar-refractivity contribution in [3.63, 3.8) is 0 Å². The Morgan fingerprint density at radius 1 is 1.60 bits per heavy atom. The van der Waals surface area contributed by atoms with Crippen LogP contribution in [0.5, 0.6) is 0 Å². The van der Waals surface area contributed by atoms with Gasteiger partial charge in [0.05, 0.1) is 21.7 Å². The molecule has 1 nitrogen and oxygen atoms in total. The third-order valence-electron chi connectivity index (χ3n) is 1.64. The molecular formula is C8H10BrN. The minimum atomic E-state index is -0.0747. The van der Waals surface area contributed by atoms with Gasteiger partial charge in [-0.05, 0) is 13.0 Å². The zero-order chi connectivity index (χ0) is 7.61. The first-order chi connectivity index (χ1) is 4.69. The minimum Gasteiger partial charge on any atom is -0.302 e. The molecule has 1 aliphatic rings. The Hall–Kier alpha value is -0.500. The summed E-state index contributed by atoms with van der Waals surface area (Å²) in [6, 6.07) is 0. The van der Waals surface area contributed by atoms with E-state index in [4.69, 9.17) is 0 Å². The summed E-state index contributed by atoms with van der Waals surface area (Å²) in [6.45, 7) is 5.83. The number of hydrogen-bond acceptors (Lipinski definition) is 1. The summed E-state index contributed by atoms with van der Waals surface area (Å²) in [4.78, 5) is 0. The summed E-state index contributed by atoms with van der Waals surface area (Å²) in [7, 11) is 0. The largest absolute Gasteiger partial charge is 0.302 e. The van der Waals surface area contributed by atoms with E-state index in [1.807, 2.05) is 28.4 Å². The van der Waals surface area contributed by atoms with Crippen LogP contribution in [0.1, 0.15) is 6.92 Å². The first-order valence-electron chi connectivity index (χ1n) is 3.14. The van der Waals surface area contributed by atoms with Crippen molar-refractivity contribution in [2.45, 2.75) is 12.5 Å². The fraction of sp³-hybridized carbons (Fsp3) is 0.250. The second-order valence-corrected chi connectivity index (χ2v) is 3.21. The van der Waals surface area contributed by atoms with Gasteiger partial charge in [0.25, 0.3) is 0 Å². The maximum atomic E-state index is 3.75. The molecule has 0 aliphatic carbocycles. The number of halogens is 1. The maximum Gasteiger partial charge on any atom is 0.0842 e. The molecule has 1 atom stereocenters. The summed E-state index contributed by atoms with van der Waals surface area (Å²) in [5.41, 5.74) is -0.0747. The quantitative estimate of drug-likeness (QED) is 0.464. The Labute approximate surface area is 70.1 Å². The number of hydrogen-bond donors (Lipinski definition) is 0. The topological polar surface area (TPSA) is 3.24 Å². The fourth-order valence-corrected chi connectivity index (χ4v) is 1.16. The monoisotopic (exact) mass is 199 g/mol. The van der Waals surface area contributed by atoms with Crippen LogP contribution >= 0.6 is 16.1 Å². The van der Waals surface area contributed by atoms with Crippen LogP contribution in [0.4, 0.5) is 0 Å². The lowest BCUT2D eigenvalue weighted by atomic mass is 10.0. The maximum absolute atomic E-state index is 3.75. The van der Waals surface area contributed by atoms with Gasteiger partial charge in [-0.2, -0.15) is 0 Å². The molecule has 0 fully saturated rings. The van der Waals surface area contributed by atoms with E-state index in [2.05, 4.69) is 35.7 Å². The lowest BCUT2D eigenvalue weighted by molar-refractivity contribution is 0.452. The van der Waals surface area contributed by atoms with Crippen molar-refractivity contribution in [3.8, 4) is 0 Å². The normalized spacial score (nSPS) is 30.8. The van der Waals surface area contributed by atoms with Crippen LogP contribution in [-0.2, 0) is 0 Å². The van der Waals surface area contributed by atoms with E-state index in [1.54, 1.807) is 0 Å². The Morgan fingerprint density at radius 3 is 2.70 bits per heavy atom. The molecule has 10 heavy (non-hydrogen) atoms. The van der Waals surface area contributed by atoms with Crippen molar-refractivity contribution < 1.29 is 0 Å². The number of rotatable bonds is 1. The summed E-state index contributed by atoms with van der Waals surface area (Å²) in [5, 5.41) is 0. The molecule has 0 aromatic carbocycles. The highest BCUT2D eigenvalue weighted by Crippen LogP contribution is 2.25. The van der Waals surface area contributed by atoms with E-state index < -0.39 is 0 Å². The van der Waals surface area contributed by atoms with Crippen LogP contribution in [-0.4, -0.2) is 9.46 Å². The van der Waals surface area contributed by atoms with Gasteiger partial charge in [0, 0.05) is 6.20 Å². The second kappa shape index (κ2) is 2.62. The highest BCUT2D eigenvalue weighted by atomic mass is 79.9. The Balaban J connectivity index is 2.87. The predicted octanol–water partition coefficient (Wildman–Crippen LogP) is 2.63. The fourth-order valence-electron chi connectivity index (χ4n) is 0.763. The van der Waals surface area contributed by atoms with E-state index in [0.717, 1.165) is 0 Å². The molecule has 1 aliphatic heterocycles. The molecule has 0 aromatic rings. The van der Waals surface area contributed by atoms with Crippen LogP contribution in [0, 0.1) is 0 Å². The molecular weight excluding hydrogens is 190 g/mol. The van der Waals surface area contributed by atoms with Crippen molar-refractivity contribution in [2.24, 2.45) is 0 Å². The molecule has 0 radical (unpaired) electrons. The van der Waals surface area contributed by atoms with Gasteiger partial charge in [-0.25, -0.2) is 0 Å². The highest BCUT2D eigenvalue weighted by molar-refractivity contribution is 9.07. The van der Waals surface area contributed by atoms with Gasteiger partial charge in [0.1, 0.15) is 0 Å². The summed E-state index contributed by atoms with van der Waals surface area (Å²) in [6.07, 6.45) is 9.91. The van der Waals surface area contributed by atoms with E-state index in [9.17, 15) is 0 Å². The first kappa shape index (κ1) is 7.61. The lowest BCUT2D eigenvalue weighted by Gasteiger charge is -2.31. The molecule has 0 N–H and O–H groups in total. The molecule has 54 valence electrons. The second-order valence-electron chi connectivity index (χ2n) is 2.44. The van der Waals surface area contributed by atoms with Crippen LogP contribution in [0.15, 0.2) is 37.1 Å². The lowest BCUT2D eigenvalue weighted by Crippen LogP contribution is -2.33. The first-order valence-corrected chi connectivity index (χ1v) is 3.85. The third kappa shape index (κ3) is 1.16. The van der Waals surface area contributed by atoms with Crippen molar-refractivity contribution in [3.05, 3.63) is 37.1 Å². The van der Waals surface area contributed by atoms with Gasteiger partial charge in [0.2, 0.25) is 0 Å². The van der Waals surface area contributed by atoms with Crippen LogP contribution < -0.4 is 0 Å². The Bertz CT molecular complexity index is 195. The van der Waals surface area contributed by atoms with Gasteiger partial charge in [0.15, 0.2) is 0 Å². The summed E-state index contributed by atoms with van der Waals surface area (Å²) >= 11 is 3.40. The number of allylic oxidation sites excluding steroid dienone is 2. The van der Waals surface area contributed by atoms with Gasteiger partial charge < -0.3 is 3.93 Å². The molecule has 0 amide bonds. The summed E-state index contributed by atoms with van der Waals surface area (Å²) < 4.78 is 1.94. The molecule has 0 saturated carbocycles. The average molecular weight is 200 g/mol. The highest BCUT2D eigenvalue weighted by Gasteiger charge is 2.22. The third-order valence-corrected chi connectivity index (χ3v) is 2.64. The van der Waals surface area contributed by atoms with Gasteiger partial charge in [-0.3, -0.25) is 0 Å². The minimum absolute atomic E-state index is 0.0747. The predicted molar refractivity (Wildman–Crippen MR) is 47.6 cm³/mol. The molecule has 1 heterocycles. The average Bonchev–Trinajstić information content (AvgIpc) is 1.96. The SMILES string of the molecule is C=CC1(C)C=CC=CN1Br. The van der Waals surface area contributed by atoms with Crippen molar-refractivity contribution in [1.29, 1.82) is 0 Å². The standard InChI is InChI=1S/C8H10BrN/c1-3-8(2)6-4-5-7-10(8)9/h3-7H,1H2,2H3. The van der Waals surface area contributed by atoms with Crippen LogP contribution in [0.2, 0.25) is 0 Å². The van der Waals surface area contributed by atoms with Crippen LogP contribution in [0.3, 0.4) is 0 Å². The van der Waals surface area contributed by atoms with Gasteiger partial charge in [-0.15, -0.1) is 6.58 Å². The van der Waals surface area contributed by atoms with E-state index in [0.29, 0.717) is 0 Å². The summed E-state index contributed by atoms with van der Waals surface area (Å²) in [5.74, 6) is 0. The van der Waals surface area contributed by atoms with E-state index in [1.165, 1.54) is 0 Å². The molecule has 2 heteroatoms. The zero-order valence-corrected chi connectivity index (χ0v) is 7.51. The smallest absolute Gasteiger partial charge is 0.0842 e. The van der Waals surface area contributed by atoms with E-state index >= 15 is 0 Å². The molecule has 0 spiro atoms. The van der Waals surface area contributed by atoms with Gasteiger partial charge in [-0.1, -0.05) is 18.2 Å². The van der Waals surface area contributed by atoms with Gasteiger partial charge >= 0.3 is 0 Å².